The molecule has 0 spiro atoms. The molecule has 0 unspecified atom stereocenters. The lowest BCUT2D eigenvalue weighted by molar-refractivity contribution is -0.123. The first-order valence-electron chi connectivity index (χ1n) is 6.32. The van der Waals surface area contributed by atoms with Crippen LogP contribution in [-0.2, 0) is 14.3 Å². The molecule has 0 saturated carbocycles. The van der Waals surface area contributed by atoms with E-state index in [9.17, 15) is 14.4 Å². The van der Waals surface area contributed by atoms with Crippen molar-refractivity contribution in [2.24, 2.45) is 5.41 Å². The highest BCUT2D eigenvalue weighted by Crippen LogP contribution is 2.21. The van der Waals surface area contributed by atoms with Crippen LogP contribution in [0.15, 0.2) is 18.2 Å². The van der Waals surface area contributed by atoms with Gasteiger partial charge in [-0.1, -0.05) is 20.8 Å². The number of nitrogens with one attached hydrogen (secondary N) is 1. The Bertz CT molecular complexity index is 538. The first-order valence-corrected chi connectivity index (χ1v) is 6.32. The summed E-state index contributed by atoms with van der Waals surface area (Å²) < 4.78 is 9.26. The number of carbonyl (C=O) groups excluding carboxylic acids is 3. The van der Waals surface area contributed by atoms with Gasteiger partial charge in [0.1, 0.15) is 0 Å². The standard InChI is InChI=1S/C15H19NO5/c1-15(2,3)14(19)16-11-7-9(12(17)20-4)6-10(8-11)13(18)21-5/h6-8H,1-5H3,(H,16,19). The molecule has 0 bridgehead atoms. The summed E-state index contributed by atoms with van der Waals surface area (Å²) in [6, 6.07) is 4.24. The molecule has 0 aliphatic carbocycles. The lowest BCUT2D eigenvalue weighted by Crippen LogP contribution is -2.27. The Balaban J connectivity index is 3.22. The van der Waals surface area contributed by atoms with E-state index in [1.54, 1.807) is 20.8 Å². The first-order chi connectivity index (χ1) is 9.68. The molecule has 0 aliphatic rings. The molecule has 0 atom stereocenters. The van der Waals surface area contributed by atoms with Crippen LogP contribution in [0.5, 0.6) is 0 Å². The maximum atomic E-state index is 12.0. The lowest BCUT2D eigenvalue weighted by atomic mass is 9.95. The van der Waals surface area contributed by atoms with Gasteiger partial charge in [-0.3, -0.25) is 4.79 Å². The molecule has 1 aromatic carbocycles. The number of hydrogen-bond acceptors (Lipinski definition) is 5. The average Bonchev–Trinajstić information content (AvgIpc) is 2.44. The minimum Gasteiger partial charge on any atom is -0.465 e. The molecular formula is C15H19NO5. The number of benzene rings is 1. The summed E-state index contributed by atoms with van der Waals surface area (Å²) in [5, 5.41) is 2.67. The van der Waals surface area contributed by atoms with Gasteiger partial charge < -0.3 is 14.8 Å². The van der Waals surface area contributed by atoms with Crippen LogP contribution < -0.4 is 5.32 Å². The Kier molecular flexibility index (Phi) is 5.07. The predicted octanol–water partition coefficient (Wildman–Crippen LogP) is 2.24. The number of amides is 1. The Morgan fingerprint density at radius 2 is 1.33 bits per heavy atom. The molecule has 0 radical (unpaired) electrons. The topological polar surface area (TPSA) is 81.7 Å². The van der Waals surface area contributed by atoms with Crippen molar-refractivity contribution >= 4 is 23.5 Å². The number of ether oxygens (including phenoxy) is 2. The summed E-state index contributed by atoms with van der Waals surface area (Å²) in [5.41, 5.74) is 0.0413. The van der Waals surface area contributed by atoms with E-state index < -0.39 is 17.4 Å². The second-order valence-corrected chi connectivity index (χ2v) is 5.49. The normalized spacial score (nSPS) is 10.7. The minimum absolute atomic E-state index is 0.157. The van der Waals surface area contributed by atoms with E-state index in [2.05, 4.69) is 14.8 Å². The molecule has 0 heterocycles. The van der Waals surface area contributed by atoms with Gasteiger partial charge in [0, 0.05) is 11.1 Å². The maximum Gasteiger partial charge on any atom is 0.337 e. The number of methoxy groups -OCH3 is 2. The van der Waals surface area contributed by atoms with Crippen LogP contribution in [0.1, 0.15) is 41.5 Å². The zero-order valence-electron chi connectivity index (χ0n) is 12.8. The number of rotatable bonds is 3. The van der Waals surface area contributed by atoms with Crippen molar-refractivity contribution in [2.45, 2.75) is 20.8 Å². The van der Waals surface area contributed by atoms with Crippen LogP contribution in [0.4, 0.5) is 5.69 Å². The van der Waals surface area contributed by atoms with Crippen molar-refractivity contribution in [3.63, 3.8) is 0 Å². The van der Waals surface area contributed by atoms with Gasteiger partial charge in [0.2, 0.25) is 5.91 Å². The molecule has 0 fully saturated rings. The molecule has 114 valence electrons. The summed E-state index contributed by atoms with van der Waals surface area (Å²) >= 11 is 0. The molecule has 1 N–H and O–H groups in total. The Labute approximate surface area is 123 Å². The van der Waals surface area contributed by atoms with Crippen LogP contribution in [0, 0.1) is 5.41 Å². The quantitative estimate of drug-likeness (QED) is 0.864. The lowest BCUT2D eigenvalue weighted by Gasteiger charge is -2.18. The average molecular weight is 293 g/mol. The molecular weight excluding hydrogens is 274 g/mol. The highest BCUT2D eigenvalue weighted by Gasteiger charge is 2.22. The third-order valence-corrected chi connectivity index (χ3v) is 2.71. The third-order valence-electron chi connectivity index (χ3n) is 2.71. The van der Waals surface area contributed by atoms with E-state index in [1.165, 1.54) is 32.4 Å². The summed E-state index contributed by atoms with van der Waals surface area (Å²) in [7, 11) is 2.47. The van der Waals surface area contributed by atoms with Gasteiger partial charge in [0.05, 0.1) is 25.3 Å². The SMILES string of the molecule is COC(=O)c1cc(NC(=O)C(C)(C)C)cc(C(=O)OC)c1. The first kappa shape index (κ1) is 16.7. The maximum absolute atomic E-state index is 12.0. The minimum atomic E-state index is -0.605. The number of anilines is 1. The molecule has 0 saturated heterocycles. The Morgan fingerprint density at radius 3 is 1.67 bits per heavy atom. The second kappa shape index (κ2) is 6.39. The van der Waals surface area contributed by atoms with Crippen molar-refractivity contribution in [1.29, 1.82) is 0 Å². The second-order valence-electron chi connectivity index (χ2n) is 5.49. The Hall–Kier alpha value is -2.37. The molecule has 1 rings (SSSR count). The van der Waals surface area contributed by atoms with Crippen LogP contribution in [0.3, 0.4) is 0 Å². The molecule has 6 heteroatoms. The van der Waals surface area contributed by atoms with E-state index >= 15 is 0 Å². The molecule has 1 aromatic rings. The monoisotopic (exact) mass is 293 g/mol. The fourth-order valence-electron chi connectivity index (χ4n) is 1.49. The fraction of sp³-hybridized carbons (Fsp3) is 0.400. The highest BCUT2D eigenvalue weighted by atomic mass is 16.5. The molecule has 0 aromatic heterocycles. The van der Waals surface area contributed by atoms with E-state index in [-0.39, 0.29) is 17.0 Å². The highest BCUT2D eigenvalue weighted by molar-refractivity contribution is 6.00. The zero-order chi connectivity index (χ0) is 16.2. The van der Waals surface area contributed by atoms with Crippen LogP contribution in [-0.4, -0.2) is 32.1 Å². The summed E-state index contributed by atoms with van der Waals surface area (Å²) in [6.07, 6.45) is 0. The number of esters is 2. The van der Waals surface area contributed by atoms with Gasteiger partial charge in [-0.05, 0) is 18.2 Å². The van der Waals surface area contributed by atoms with Gasteiger partial charge >= 0.3 is 11.9 Å². The van der Waals surface area contributed by atoms with Crippen molar-refractivity contribution < 1.29 is 23.9 Å². The molecule has 21 heavy (non-hydrogen) atoms. The van der Waals surface area contributed by atoms with Crippen molar-refractivity contribution in [2.75, 3.05) is 19.5 Å². The number of hydrogen-bond donors (Lipinski definition) is 1. The summed E-state index contributed by atoms with van der Waals surface area (Å²) in [5.74, 6) is -1.45. The van der Waals surface area contributed by atoms with E-state index in [0.717, 1.165) is 0 Å². The molecule has 6 nitrogen and oxygen atoms in total. The van der Waals surface area contributed by atoms with Gasteiger partial charge in [-0.25, -0.2) is 9.59 Å². The third kappa shape index (κ3) is 4.30. The Morgan fingerprint density at radius 1 is 0.905 bits per heavy atom. The van der Waals surface area contributed by atoms with Crippen LogP contribution in [0.2, 0.25) is 0 Å². The smallest absolute Gasteiger partial charge is 0.337 e. The van der Waals surface area contributed by atoms with Gasteiger partial charge in [0.25, 0.3) is 0 Å². The summed E-state index contributed by atoms with van der Waals surface area (Å²) in [6.45, 7) is 5.27. The van der Waals surface area contributed by atoms with Gasteiger partial charge in [-0.2, -0.15) is 0 Å². The predicted molar refractivity (Wildman–Crippen MR) is 77.2 cm³/mol. The van der Waals surface area contributed by atoms with Gasteiger partial charge in [0.15, 0.2) is 0 Å². The van der Waals surface area contributed by atoms with E-state index in [4.69, 9.17) is 0 Å². The molecule has 0 aliphatic heterocycles. The van der Waals surface area contributed by atoms with Crippen molar-refractivity contribution in [3.8, 4) is 0 Å². The zero-order valence-corrected chi connectivity index (χ0v) is 12.8. The molecule has 1 amide bonds. The van der Waals surface area contributed by atoms with Crippen molar-refractivity contribution in [1.82, 2.24) is 0 Å². The van der Waals surface area contributed by atoms with E-state index in [1.807, 2.05) is 0 Å². The van der Waals surface area contributed by atoms with Crippen LogP contribution >= 0.6 is 0 Å². The number of carbonyl (C=O) groups is 3. The largest absolute Gasteiger partial charge is 0.465 e. The summed E-state index contributed by atoms with van der Waals surface area (Å²) in [4.78, 5) is 35.2. The van der Waals surface area contributed by atoms with Crippen molar-refractivity contribution in [3.05, 3.63) is 29.3 Å². The van der Waals surface area contributed by atoms with Crippen LogP contribution in [0.25, 0.3) is 0 Å². The fourth-order valence-corrected chi connectivity index (χ4v) is 1.49. The van der Waals surface area contributed by atoms with E-state index in [0.29, 0.717) is 5.69 Å². The van der Waals surface area contributed by atoms with Gasteiger partial charge in [-0.15, -0.1) is 0 Å².